The monoisotopic (exact) mass is 169 g/mol. The number of nitrogens with two attached hydrogens (primary N) is 1. The minimum absolute atomic E-state index is 0.0214. The Labute approximate surface area is 71.6 Å². The van der Waals surface area contributed by atoms with Gasteiger partial charge in [0.25, 0.3) is 5.56 Å². The second kappa shape index (κ2) is 3.15. The first-order chi connectivity index (χ1) is 5.52. The molecule has 4 nitrogen and oxygen atoms in total. The molecule has 0 spiro atoms. The Morgan fingerprint density at radius 3 is 2.42 bits per heavy atom. The summed E-state index contributed by atoms with van der Waals surface area (Å²) in [6.45, 7) is 1.93. The van der Waals surface area contributed by atoms with Crippen molar-refractivity contribution in [2.45, 2.75) is 19.4 Å². The Bertz CT molecular complexity index is 322. The number of aromatic nitrogens is 2. The van der Waals surface area contributed by atoms with Gasteiger partial charge in [0, 0.05) is 38.3 Å². The molecular formula is C8H15N3O. The molecular weight excluding hydrogens is 154 g/mol. The molecule has 1 unspecified atom stereocenters. The first-order valence-electron chi connectivity index (χ1n) is 4.00. The molecule has 0 bridgehead atoms. The minimum atomic E-state index is 0.0214. The van der Waals surface area contributed by atoms with Gasteiger partial charge in [-0.3, -0.25) is 14.2 Å². The summed E-state index contributed by atoms with van der Waals surface area (Å²) in [4.78, 5) is 11.1. The Morgan fingerprint density at radius 1 is 1.50 bits per heavy atom. The molecule has 0 fully saturated rings. The molecule has 1 aromatic rings. The van der Waals surface area contributed by atoms with Crippen molar-refractivity contribution in [2.75, 3.05) is 0 Å². The van der Waals surface area contributed by atoms with Crippen molar-refractivity contribution >= 4 is 0 Å². The molecule has 1 aromatic heterocycles. The molecule has 0 saturated heterocycles. The lowest BCUT2D eigenvalue weighted by Crippen LogP contribution is -2.21. The second-order valence-electron chi connectivity index (χ2n) is 3.20. The van der Waals surface area contributed by atoms with Crippen LogP contribution in [0.15, 0.2) is 10.9 Å². The van der Waals surface area contributed by atoms with Gasteiger partial charge in [0.2, 0.25) is 0 Å². The van der Waals surface area contributed by atoms with E-state index < -0.39 is 0 Å². The fourth-order valence-electron chi connectivity index (χ4n) is 1.19. The van der Waals surface area contributed by atoms with Crippen LogP contribution in [0, 0.1) is 0 Å². The van der Waals surface area contributed by atoms with Gasteiger partial charge in [-0.1, -0.05) is 0 Å². The van der Waals surface area contributed by atoms with E-state index in [-0.39, 0.29) is 11.6 Å². The van der Waals surface area contributed by atoms with Crippen molar-refractivity contribution in [2.24, 2.45) is 19.8 Å². The number of hydrogen-bond acceptors (Lipinski definition) is 2. The van der Waals surface area contributed by atoms with Gasteiger partial charge >= 0.3 is 0 Å². The highest BCUT2D eigenvalue weighted by atomic mass is 16.1. The van der Waals surface area contributed by atoms with Gasteiger partial charge in [-0.25, -0.2) is 0 Å². The van der Waals surface area contributed by atoms with Crippen LogP contribution in [-0.2, 0) is 20.5 Å². The summed E-state index contributed by atoms with van der Waals surface area (Å²) in [7, 11) is 3.60. The first kappa shape index (κ1) is 9.06. The zero-order chi connectivity index (χ0) is 9.30. The van der Waals surface area contributed by atoms with E-state index in [1.807, 2.05) is 18.7 Å². The van der Waals surface area contributed by atoms with Gasteiger partial charge in [0.15, 0.2) is 0 Å². The number of nitrogens with zero attached hydrogens (tertiary/aromatic N) is 2. The molecule has 1 rings (SSSR count). The molecule has 1 heterocycles. The van der Waals surface area contributed by atoms with E-state index in [2.05, 4.69) is 0 Å². The third-order valence-corrected chi connectivity index (χ3v) is 2.01. The van der Waals surface area contributed by atoms with Gasteiger partial charge in [0.05, 0.1) is 0 Å². The van der Waals surface area contributed by atoms with Crippen LogP contribution in [0.1, 0.15) is 12.6 Å². The molecule has 0 radical (unpaired) electrons. The average Bonchev–Trinajstić information content (AvgIpc) is 2.17. The predicted molar refractivity (Wildman–Crippen MR) is 48.0 cm³/mol. The van der Waals surface area contributed by atoms with Crippen LogP contribution < -0.4 is 11.3 Å². The standard InChI is InChI=1S/C8H15N3O/c1-6(9)4-7-5-8(12)11(3)10(7)2/h5-6H,4,9H2,1-3H3. The molecule has 0 aliphatic rings. The summed E-state index contributed by atoms with van der Waals surface area (Å²) in [5.74, 6) is 0. The van der Waals surface area contributed by atoms with Gasteiger partial charge in [-0.2, -0.15) is 0 Å². The molecule has 0 saturated carbocycles. The fraction of sp³-hybridized carbons (Fsp3) is 0.625. The van der Waals surface area contributed by atoms with E-state index in [0.717, 1.165) is 12.1 Å². The van der Waals surface area contributed by atoms with Crippen LogP contribution in [0.3, 0.4) is 0 Å². The molecule has 0 amide bonds. The van der Waals surface area contributed by atoms with Crippen molar-refractivity contribution in [3.05, 3.63) is 22.1 Å². The zero-order valence-corrected chi connectivity index (χ0v) is 7.74. The van der Waals surface area contributed by atoms with E-state index in [1.165, 1.54) is 0 Å². The van der Waals surface area contributed by atoms with Crippen LogP contribution in [0.5, 0.6) is 0 Å². The average molecular weight is 169 g/mol. The Hall–Kier alpha value is -1.03. The molecule has 4 heteroatoms. The van der Waals surface area contributed by atoms with E-state index in [9.17, 15) is 4.79 Å². The highest BCUT2D eigenvalue weighted by molar-refractivity contribution is 5.03. The Balaban J connectivity index is 3.02. The lowest BCUT2D eigenvalue weighted by molar-refractivity contribution is 0.544. The fourth-order valence-corrected chi connectivity index (χ4v) is 1.19. The number of hydrogen-bond donors (Lipinski definition) is 1. The largest absolute Gasteiger partial charge is 0.328 e. The molecule has 0 aromatic carbocycles. The van der Waals surface area contributed by atoms with Gasteiger partial charge in [-0.05, 0) is 6.92 Å². The van der Waals surface area contributed by atoms with Crippen molar-refractivity contribution in [3.8, 4) is 0 Å². The van der Waals surface area contributed by atoms with Crippen LogP contribution in [-0.4, -0.2) is 15.4 Å². The van der Waals surface area contributed by atoms with E-state index in [4.69, 9.17) is 5.73 Å². The van der Waals surface area contributed by atoms with Crippen LogP contribution in [0.2, 0.25) is 0 Å². The SMILES string of the molecule is CC(N)Cc1cc(=O)n(C)n1C. The van der Waals surface area contributed by atoms with Gasteiger partial charge < -0.3 is 5.73 Å². The first-order valence-corrected chi connectivity index (χ1v) is 4.00. The van der Waals surface area contributed by atoms with Crippen molar-refractivity contribution in [1.29, 1.82) is 0 Å². The van der Waals surface area contributed by atoms with E-state index in [1.54, 1.807) is 17.8 Å². The topological polar surface area (TPSA) is 53.0 Å². The van der Waals surface area contributed by atoms with Gasteiger partial charge in [0.1, 0.15) is 0 Å². The van der Waals surface area contributed by atoms with E-state index in [0.29, 0.717) is 0 Å². The third kappa shape index (κ3) is 1.58. The maximum Gasteiger partial charge on any atom is 0.266 e. The van der Waals surface area contributed by atoms with Crippen molar-refractivity contribution in [3.63, 3.8) is 0 Å². The third-order valence-electron chi connectivity index (χ3n) is 2.01. The Kier molecular flexibility index (Phi) is 2.38. The quantitative estimate of drug-likeness (QED) is 0.655. The zero-order valence-electron chi connectivity index (χ0n) is 7.74. The van der Waals surface area contributed by atoms with Gasteiger partial charge in [-0.15, -0.1) is 0 Å². The highest BCUT2D eigenvalue weighted by Crippen LogP contribution is 1.97. The minimum Gasteiger partial charge on any atom is -0.328 e. The summed E-state index contributed by atoms with van der Waals surface area (Å²) in [6, 6.07) is 1.72. The smallest absolute Gasteiger partial charge is 0.266 e. The van der Waals surface area contributed by atoms with Crippen molar-refractivity contribution in [1.82, 2.24) is 9.36 Å². The summed E-state index contributed by atoms with van der Waals surface area (Å²) in [5, 5.41) is 0. The normalized spacial score (nSPS) is 13.3. The molecule has 12 heavy (non-hydrogen) atoms. The molecule has 1 atom stereocenters. The highest BCUT2D eigenvalue weighted by Gasteiger charge is 2.05. The molecule has 68 valence electrons. The lowest BCUT2D eigenvalue weighted by Gasteiger charge is -2.07. The maximum absolute atomic E-state index is 11.1. The Morgan fingerprint density at radius 2 is 2.08 bits per heavy atom. The summed E-state index contributed by atoms with van der Waals surface area (Å²) in [6.07, 6.45) is 0.743. The maximum atomic E-state index is 11.1. The lowest BCUT2D eigenvalue weighted by atomic mass is 10.2. The molecule has 0 aliphatic carbocycles. The van der Waals surface area contributed by atoms with Crippen LogP contribution in [0.25, 0.3) is 0 Å². The molecule has 2 N–H and O–H groups in total. The summed E-state index contributed by atoms with van der Waals surface area (Å²) < 4.78 is 3.39. The molecule has 0 aliphatic heterocycles. The second-order valence-corrected chi connectivity index (χ2v) is 3.20. The van der Waals surface area contributed by atoms with E-state index >= 15 is 0 Å². The van der Waals surface area contributed by atoms with Crippen molar-refractivity contribution < 1.29 is 0 Å². The summed E-state index contributed by atoms with van der Waals surface area (Å²) >= 11 is 0. The summed E-state index contributed by atoms with van der Waals surface area (Å²) in [5.41, 5.74) is 6.63. The number of rotatable bonds is 2. The van der Waals surface area contributed by atoms with Crippen LogP contribution in [0.4, 0.5) is 0 Å². The predicted octanol–water partition coefficient (Wildman–Crippen LogP) is -0.386. The van der Waals surface area contributed by atoms with Crippen LogP contribution >= 0.6 is 0 Å².